The van der Waals surface area contributed by atoms with Crippen LogP contribution in [0.2, 0.25) is 0 Å². The quantitative estimate of drug-likeness (QED) is 0.388. The smallest absolute Gasteiger partial charge is 0.267 e. The predicted molar refractivity (Wildman–Crippen MR) is 136 cm³/mol. The van der Waals surface area contributed by atoms with Crippen molar-refractivity contribution in [3.63, 3.8) is 0 Å². The Morgan fingerprint density at radius 3 is 2.58 bits per heavy atom. The molecule has 0 aliphatic carbocycles. The molecule has 2 aromatic carbocycles. The molecule has 8 nitrogen and oxygen atoms in total. The van der Waals surface area contributed by atoms with Crippen molar-refractivity contribution in [3.05, 3.63) is 65.7 Å². The van der Waals surface area contributed by atoms with Gasteiger partial charge in [0.25, 0.3) is 11.8 Å². The molecule has 3 unspecified atom stereocenters. The number of alkyl halides is 2. The maximum Gasteiger partial charge on any atom is 0.267 e. The molecule has 1 fully saturated rings. The lowest BCUT2D eigenvalue weighted by Gasteiger charge is -2.30. The molecule has 38 heavy (non-hydrogen) atoms. The van der Waals surface area contributed by atoms with Crippen LogP contribution in [0.3, 0.4) is 0 Å². The van der Waals surface area contributed by atoms with Gasteiger partial charge in [-0.3, -0.25) is 14.4 Å². The summed E-state index contributed by atoms with van der Waals surface area (Å²) in [6.07, 6.45) is 2.65. The van der Waals surface area contributed by atoms with Crippen molar-refractivity contribution >= 4 is 17.7 Å². The lowest BCUT2D eigenvalue weighted by atomic mass is 9.99. The standard InChI is InChI=1S/C28H31F2N3O5/c1-3-4-13-24(34)32-22(15-19-9-6-5-7-10-19)25(35)27(37)33-18-28(29,30)16-23(33)26(36)31-17-20-11-8-12-21(14-20)38-2/h1,5-12,14,22-23,25,35H,4,13,15-18H2,2H3,(H,31,36)(H,32,34). The van der Waals surface area contributed by atoms with Crippen LogP contribution in [0.5, 0.6) is 5.75 Å². The molecule has 0 radical (unpaired) electrons. The number of amides is 3. The van der Waals surface area contributed by atoms with Crippen LogP contribution >= 0.6 is 0 Å². The van der Waals surface area contributed by atoms with Crippen molar-refractivity contribution in [1.82, 2.24) is 15.5 Å². The molecule has 1 aliphatic rings. The molecular weight excluding hydrogens is 496 g/mol. The number of rotatable bonds is 11. The van der Waals surface area contributed by atoms with E-state index in [1.807, 2.05) is 0 Å². The number of carbonyl (C=O) groups is 3. The minimum atomic E-state index is -3.32. The van der Waals surface area contributed by atoms with E-state index < -0.39 is 54.8 Å². The molecule has 1 saturated heterocycles. The average Bonchev–Trinajstić information content (AvgIpc) is 3.25. The SMILES string of the molecule is C#CCCC(=O)NC(Cc1ccccc1)C(O)C(=O)N1CC(F)(F)CC1C(=O)NCc1cccc(OC)c1. The number of terminal acetylenes is 1. The third-order valence-electron chi connectivity index (χ3n) is 6.23. The Hall–Kier alpha value is -3.97. The van der Waals surface area contributed by atoms with Crippen LogP contribution in [0.25, 0.3) is 0 Å². The molecular formula is C28H31F2N3O5. The molecule has 3 atom stereocenters. The van der Waals surface area contributed by atoms with E-state index >= 15 is 0 Å². The zero-order valence-electron chi connectivity index (χ0n) is 21.0. The summed E-state index contributed by atoms with van der Waals surface area (Å²) in [7, 11) is 1.50. The van der Waals surface area contributed by atoms with Gasteiger partial charge in [0.2, 0.25) is 11.8 Å². The highest BCUT2D eigenvalue weighted by atomic mass is 19.3. The van der Waals surface area contributed by atoms with E-state index in [4.69, 9.17) is 11.2 Å². The molecule has 2 aromatic rings. The average molecular weight is 528 g/mol. The highest BCUT2D eigenvalue weighted by Gasteiger charge is 2.51. The Bertz CT molecular complexity index is 1170. The summed E-state index contributed by atoms with van der Waals surface area (Å²) in [5.74, 6) is -2.74. The lowest BCUT2D eigenvalue weighted by Crippen LogP contribution is -2.55. The number of aliphatic hydroxyl groups excluding tert-OH is 1. The molecule has 0 spiro atoms. The van der Waals surface area contributed by atoms with Gasteiger partial charge in [-0.1, -0.05) is 42.5 Å². The van der Waals surface area contributed by atoms with Crippen molar-refractivity contribution in [1.29, 1.82) is 0 Å². The van der Waals surface area contributed by atoms with Gasteiger partial charge in [-0.2, -0.15) is 0 Å². The first kappa shape index (κ1) is 28.6. The summed E-state index contributed by atoms with van der Waals surface area (Å²) in [4.78, 5) is 39.3. The molecule has 1 heterocycles. The second-order valence-electron chi connectivity index (χ2n) is 9.12. The van der Waals surface area contributed by atoms with E-state index in [-0.39, 0.29) is 25.8 Å². The predicted octanol–water partition coefficient (Wildman–Crippen LogP) is 2.05. The van der Waals surface area contributed by atoms with Gasteiger partial charge < -0.3 is 25.4 Å². The number of halogens is 2. The van der Waals surface area contributed by atoms with E-state index in [1.54, 1.807) is 54.6 Å². The number of nitrogens with one attached hydrogen (secondary N) is 2. The maximum atomic E-state index is 14.4. The number of ether oxygens (including phenoxy) is 1. The second kappa shape index (κ2) is 13.0. The fourth-order valence-electron chi connectivity index (χ4n) is 4.29. The van der Waals surface area contributed by atoms with Gasteiger partial charge in [0.1, 0.15) is 11.8 Å². The molecule has 3 rings (SSSR count). The molecule has 0 bridgehead atoms. The van der Waals surface area contributed by atoms with Gasteiger partial charge in [0, 0.05) is 25.8 Å². The third kappa shape index (κ3) is 7.76. The Kier molecular flexibility index (Phi) is 9.79. The van der Waals surface area contributed by atoms with E-state index in [0.29, 0.717) is 21.8 Å². The zero-order valence-corrected chi connectivity index (χ0v) is 21.0. The number of likely N-dealkylation sites (tertiary alicyclic amines) is 1. The molecule has 202 valence electrons. The van der Waals surface area contributed by atoms with Crippen molar-refractivity contribution in [3.8, 4) is 18.1 Å². The van der Waals surface area contributed by atoms with E-state index in [9.17, 15) is 28.3 Å². The first-order chi connectivity index (χ1) is 18.1. The molecule has 0 saturated carbocycles. The van der Waals surface area contributed by atoms with Crippen LogP contribution < -0.4 is 15.4 Å². The number of hydrogen-bond acceptors (Lipinski definition) is 5. The van der Waals surface area contributed by atoms with Crippen molar-refractivity contribution in [2.45, 2.75) is 56.3 Å². The zero-order chi connectivity index (χ0) is 27.7. The Balaban J connectivity index is 1.75. The van der Waals surface area contributed by atoms with Crippen LogP contribution in [0.4, 0.5) is 8.78 Å². The van der Waals surface area contributed by atoms with Crippen molar-refractivity contribution in [2.75, 3.05) is 13.7 Å². The number of methoxy groups -OCH3 is 1. The highest BCUT2D eigenvalue weighted by Crippen LogP contribution is 2.33. The summed E-state index contributed by atoms with van der Waals surface area (Å²) < 4.78 is 34.0. The minimum absolute atomic E-state index is 0.0280. The van der Waals surface area contributed by atoms with Crippen molar-refractivity contribution < 1.29 is 33.0 Å². The molecule has 0 aromatic heterocycles. The van der Waals surface area contributed by atoms with Gasteiger partial charge in [0.15, 0.2) is 6.10 Å². The molecule has 1 aliphatic heterocycles. The number of aliphatic hydroxyl groups is 1. The van der Waals surface area contributed by atoms with E-state index in [2.05, 4.69) is 16.6 Å². The maximum absolute atomic E-state index is 14.4. The first-order valence-corrected chi connectivity index (χ1v) is 12.2. The van der Waals surface area contributed by atoms with Crippen LogP contribution in [0, 0.1) is 12.3 Å². The minimum Gasteiger partial charge on any atom is -0.497 e. The fraction of sp³-hybridized carbons (Fsp3) is 0.393. The monoisotopic (exact) mass is 527 g/mol. The lowest BCUT2D eigenvalue weighted by molar-refractivity contribution is -0.147. The molecule has 3 N–H and O–H groups in total. The summed E-state index contributed by atoms with van der Waals surface area (Å²) in [6, 6.07) is 13.0. The van der Waals surface area contributed by atoms with E-state index in [1.165, 1.54) is 7.11 Å². The Morgan fingerprint density at radius 1 is 1.18 bits per heavy atom. The van der Waals surface area contributed by atoms with Crippen molar-refractivity contribution in [2.24, 2.45) is 0 Å². The third-order valence-corrected chi connectivity index (χ3v) is 6.23. The first-order valence-electron chi connectivity index (χ1n) is 12.2. The second-order valence-corrected chi connectivity index (χ2v) is 9.12. The largest absolute Gasteiger partial charge is 0.497 e. The summed E-state index contributed by atoms with van der Waals surface area (Å²) in [5.41, 5.74) is 1.39. The summed E-state index contributed by atoms with van der Waals surface area (Å²) >= 11 is 0. The fourth-order valence-corrected chi connectivity index (χ4v) is 4.29. The molecule has 10 heteroatoms. The Morgan fingerprint density at radius 2 is 1.89 bits per heavy atom. The van der Waals surface area contributed by atoms with Gasteiger partial charge in [-0.05, 0) is 29.7 Å². The summed E-state index contributed by atoms with van der Waals surface area (Å²) in [5, 5.41) is 16.2. The van der Waals surface area contributed by atoms with E-state index in [0.717, 1.165) is 0 Å². The van der Waals surface area contributed by atoms with Crippen LogP contribution in [0.1, 0.15) is 30.4 Å². The number of nitrogens with zero attached hydrogens (tertiary/aromatic N) is 1. The number of benzene rings is 2. The van der Waals surface area contributed by atoms with Gasteiger partial charge in [0.05, 0.1) is 19.7 Å². The Labute approximate surface area is 220 Å². The number of carbonyl (C=O) groups excluding carboxylic acids is 3. The van der Waals surface area contributed by atoms with Crippen LogP contribution in [-0.4, -0.2) is 65.5 Å². The van der Waals surface area contributed by atoms with Gasteiger partial charge >= 0.3 is 0 Å². The van der Waals surface area contributed by atoms with Gasteiger partial charge in [-0.15, -0.1) is 12.3 Å². The normalized spacial score (nSPS) is 17.7. The highest BCUT2D eigenvalue weighted by molar-refractivity contribution is 5.91. The summed E-state index contributed by atoms with van der Waals surface area (Å²) in [6.45, 7) is -0.992. The topological polar surface area (TPSA) is 108 Å². The van der Waals surface area contributed by atoms with Crippen LogP contribution in [0.15, 0.2) is 54.6 Å². The van der Waals surface area contributed by atoms with Crippen LogP contribution in [-0.2, 0) is 27.3 Å². The number of hydrogen-bond donors (Lipinski definition) is 3. The molecule has 3 amide bonds. The van der Waals surface area contributed by atoms with Gasteiger partial charge in [-0.25, -0.2) is 8.78 Å².